The van der Waals surface area contributed by atoms with Crippen molar-refractivity contribution in [2.45, 2.75) is 12.6 Å². The van der Waals surface area contributed by atoms with Gasteiger partial charge in [0, 0.05) is 11.3 Å². The molecule has 1 rings (SSSR count). The Kier molecular flexibility index (Phi) is 4.28. The summed E-state index contributed by atoms with van der Waals surface area (Å²) in [4.78, 5) is 11.9. The molecule has 0 radical (unpaired) electrons. The monoisotopic (exact) mass is 238 g/mol. The Morgan fingerprint density at radius 2 is 2.20 bits per heavy atom. The third-order valence-electron chi connectivity index (χ3n) is 1.48. The van der Waals surface area contributed by atoms with Crippen LogP contribution in [0.3, 0.4) is 0 Å². The predicted octanol–water partition coefficient (Wildman–Crippen LogP) is 2.44. The largest absolute Gasteiger partial charge is 0.411 e. The van der Waals surface area contributed by atoms with Crippen LogP contribution >= 0.6 is 11.3 Å². The number of carbonyl (C=O) groups excluding carboxylic acids is 1. The number of thiophene rings is 1. The van der Waals surface area contributed by atoms with Gasteiger partial charge >= 0.3 is 6.18 Å². The molecule has 0 aromatic carbocycles. The molecule has 0 N–H and O–H groups in total. The maximum Gasteiger partial charge on any atom is 0.411 e. The maximum atomic E-state index is 11.6. The summed E-state index contributed by atoms with van der Waals surface area (Å²) >= 11 is 1.39. The molecule has 1 aromatic rings. The first-order chi connectivity index (χ1) is 6.97. The molecule has 6 heteroatoms. The van der Waals surface area contributed by atoms with Crippen molar-refractivity contribution in [3.05, 3.63) is 22.4 Å². The molecular weight excluding hydrogens is 229 g/mol. The van der Waals surface area contributed by atoms with Crippen molar-refractivity contribution in [3.63, 3.8) is 0 Å². The van der Waals surface area contributed by atoms with Gasteiger partial charge in [-0.1, -0.05) is 6.07 Å². The van der Waals surface area contributed by atoms with Gasteiger partial charge in [-0.25, -0.2) is 0 Å². The number of hydrogen-bond acceptors (Lipinski definition) is 3. The number of carbonyl (C=O) groups is 1. The predicted molar refractivity (Wildman–Crippen MR) is 49.9 cm³/mol. The zero-order valence-electron chi connectivity index (χ0n) is 7.71. The van der Waals surface area contributed by atoms with Crippen LogP contribution in [0.15, 0.2) is 17.5 Å². The van der Waals surface area contributed by atoms with Crippen LogP contribution < -0.4 is 0 Å². The molecule has 0 aliphatic rings. The van der Waals surface area contributed by atoms with Crippen LogP contribution in [0.25, 0.3) is 0 Å². The summed E-state index contributed by atoms with van der Waals surface area (Å²) in [5.41, 5.74) is 0. The topological polar surface area (TPSA) is 26.3 Å². The zero-order valence-corrected chi connectivity index (χ0v) is 8.53. The van der Waals surface area contributed by atoms with Gasteiger partial charge in [-0.05, 0) is 11.4 Å². The van der Waals surface area contributed by atoms with Gasteiger partial charge in [-0.15, -0.1) is 11.3 Å². The van der Waals surface area contributed by atoms with Crippen LogP contribution in [0.4, 0.5) is 13.2 Å². The van der Waals surface area contributed by atoms with E-state index < -0.39 is 19.4 Å². The molecule has 0 saturated heterocycles. The average Bonchev–Trinajstić information content (AvgIpc) is 2.54. The van der Waals surface area contributed by atoms with Crippen molar-refractivity contribution in [2.24, 2.45) is 0 Å². The average molecular weight is 238 g/mol. The number of ketones is 1. The molecule has 0 amide bonds. The maximum absolute atomic E-state index is 11.6. The lowest BCUT2D eigenvalue weighted by molar-refractivity contribution is -0.175. The summed E-state index contributed by atoms with van der Waals surface area (Å²) in [6.07, 6.45) is -4.24. The SMILES string of the molecule is O=C(COCC(F)(F)F)Cc1cccs1. The van der Waals surface area contributed by atoms with E-state index in [0.717, 1.165) is 4.88 Å². The molecule has 1 heterocycles. The standard InChI is InChI=1S/C9H9F3O2S/c10-9(11,12)6-14-5-7(13)4-8-2-1-3-15-8/h1-3H,4-6H2. The highest BCUT2D eigenvalue weighted by Crippen LogP contribution is 2.14. The van der Waals surface area contributed by atoms with E-state index in [1.54, 1.807) is 17.5 Å². The Balaban J connectivity index is 2.20. The van der Waals surface area contributed by atoms with Gasteiger partial charge in [-0.3, -0.25) is 4.79 Å². The van der Waals surface area contributed by atoms with Crippen LogP contribution in [0.1, 0.15) is 4.88 Å². The Bertz CT molecular complexity index is 306. The van der Waals surface area contributed by atoms with Gasteiger partial charge < -0.3 is 4.74 Å². The third kappa shape index (κ3) is 5.54. The molecule has 1 aromatic heterocycles. The summed E-state index contributed by atoms with van der Waals surface area (Å²) in [7, 11) is 0. The Labute approximate surface area is 88.7 Å². The number of alkyl halides is 3. The molecule has 0 fully saturated rings. The van der Waals surface area contributed by atoms with E-state index in [-0.39, 0.29) is 12.2 Å². The van der Waals surface area contributed by atoms with Gasteiger partial charge in [0.15, 0.2) is 5.78 Å². The van der Waals surface area contributed by atoms with Crippen LogP contribution in [-0.2, 0) is 16.0 Å². The highest BCUT2D eigenvalue weighted by molar-refractivity contribution is 7.10. The first-order valence-corrected chi connectivity index (χ1v) is 5.04. The lowest BCUT2D eigenvalue weighted by atomic mass is 10.2. The number of Topliss-reactive ketones (excluding diaryl/α,β-unsaturated/α-hetero) is 1. The van der Waals surface area contributed by atoms with Gasteiger partial charge in [0.1, 0.15) is 13.2 Å². The van der Waals surface area contributed by atoms with E-state index in [9.17, 15) is 18.0 Å². The smallest absolute Gasteiger partial charge is 0.364 e. The van der Waals surface area contributed by atoms with Gasteiger partial charge in [0.2, 0.25) is 0 Å². The van der Waals surface area contributed by atoms with Gasteiger partial charge in [-0.2, -0.15) is 13.2 Å². The van der Waals surface area contributed by atoms with E-state index in [4.69, 9.17) is 0 Å². The molecule has 0 aliphatic heterocycles. The van der Waals surface area contributed by atoms with E-state index in [2.05, 4.69) is 4.74 Å². The van der Waals surface area contributed by atoms with E-state index in [1.807, 2.05) is 0 Å². The molecule has 0 spiro atoms. The first-order valence-electron chi connectivity index (χ1n) is 4.16. The van der Waals surface area contributed by atoms with Gasteiger partial charge in [0.25, 0.3) is 0 Å². The molecule has 15 heavy (non-hydrogen) atoms. The Morgan fingerprint density at radius 3 is 2.73 bits per heavy atom. The first kappa shape index (κ1) is 12.2. The van der Waals surface area contributed by atoms with Crippen molar-refractivity contribution in [3.8, 4) is 0 Å². The van der Waals surface area contributed by atoms with Crippen LogP contribution in [0.2, 0.25) is 0 Å². The van der Waals surface area contributed by atoms with Crippen molar-refractivity contribution < 1.29 is 22.7 Å². The van der Waals surface area contributed by atoms with Crippen molar-refractivity contribution >= 4 is 17.1 Å². The summed E-state index contributed by atoms with van der Waals surface area (Å²) in [6, 6.07) is 3.54. The molecule has 0 atom stereocenters. The highest BCUT2D eigenvalue weighted by atomic mass is 32.1. The Morgan fingerprint density at radius 1 is 1.47 bits per heavy atom. The van der Waals surface area contributed by atoms with Crippen molar-refractivity contribution in [2.75, 3.05) is 13.2 Å². The lowest BCUT2D eigenvalue weighted by Crippen LogP contribution is -2.21. The fourth-order valence-electron chi connectivity index (χ4n) is 0.939. The second-order valence-corrected chi connectivity index (χ2v) is 3.94. The molecule has 0 unspecified atom stereocenters. The third-order valence-corrected chi connectivity index (χ3v) is 2.36. The molecular formula is C9H9F3O2S. The second-order valence-electron chi connectivity index (χ2n) is 2.90. The molecule has 84 valence electrons. The molecule has 0 aliphatic carbocycles. The minimum absolute atomic E-state index is 0.134. The second kappa shape index (κ2) is 5.27. The Hall–Kier alpha value is -0.880. The quantitative estimate of drug-likeness (QED) is 0.787. The normalized spacial score (nSPS) is 11.7. The number of rotatable bonds is 5. The fourth-order valence-corrected chi connectivity index (χ4v) is 1.67. The summed E-state index contributed by atoms with van der Waals surface area (Å²) in [5, 5.41) is 1.80. The summed E-state index contributed by atoms with van der Waals surface area (Å²) in [6.45, 7) is -1.86. The number of halogens is 3. The molecule has 0 bridgehead atoms. The number of ether oxygens (including phenoxy) is 1. The lowest BCUT2D eigenvalue weighted by Gasteiger charge is -2.06. The molecule has 0 saturated carbocycles. The van der Waals surface area contributed by atoms with E-state index >= 15 is 0 Å². The highest BCUT2D eigenvalue weighted by Gasteiger charge is 2.27. The zero-order chi connectivity index (χ0) is 11.3. The van der Waals surface area contributed by atoms with Crippen molar-refractivity contribution in [1.82, 2.24) is 0 Å². The minimum atomic E-state index is -4.37. The summed E-state index contributed by atoms with van der Waals surface area (Å²) < 4.78 is 39.2. The van der Waals surface area contributed by atoms with Gasteiger partial charge in [0.05, 0.1) is 0 Å². The van der Waals surface area contributed by atoms with Crippen molar-refractivity contribution in [1.29, 1.82) is 0 Å². The van der Waals surface area contributed by atoms with Crippen LogP contribution in [-0.4, -0.2) is 25.2 Å². The van der Waals surface area contributed by atoms with Crippen LogP contribution in [0, 0.1) is 0 Å². The molecule has 2 nitrogen and oxygen atoms in total. The van der Waals surface area contributed by atoms with Crippen LogP contribution in [0.5, 0.6) is 0 Å². The minimum Gasteiger partial charge on any atom is -0.364 e. The van der Waals surface area contributed by atoms with E-state index in [0.29, 0.717) is 0 Å². The number of hydrogen-bond donors (Lipinski definition) is 0. The van der Waals surface area contributed by atoms with E-state index in [1.165, 1.54) is 11.3 Å². The fraction of sp³-hybridized carbons (Fsp3) is 0.444. The summed E-state index contributed by atoms with van der Waals surface area (Å²) in [5.74, 6) is -0.346.